The lowest BCUT2D eigenvalue weighted by atomic mass is 10.3. The van der Waals surface area contributed by atoms with E-state index >= 15 is 0 Å². The highest BCUT2D eigenvalue weighted by Crippen LogP contribution is 1.90. The van der Waals surface area contributed by atoms with Gasteiger partial charge >= 0.3 is 0 Å². The Hall–Kier alpha value is -0.970. The Morgan fingerprint density at radius 3 is 2.36 bits per heavy atom. The number of hydrogen-bond donors (Lipinski definition) is 2. The van der Waals surface area contributed by atoms with Crippen LogP contribution in [0.5, 0.6) is 0 Å². The molecule has 3 N–H and O–H groups in total. The molecule has 1 unspecified atom stereocenters. The van der Waals surface area contributed by atoms with Crippen molar-refractivity contribution in [2.24, 2.45) is 5.73 Å². The molecule has 1 aromatic rings. The molecular weight excluding hydrogens is 176 g/mol. The van der Waals surface area contributed by atoms with Crippen molar-refractivity contribution in [3.05, 3.63) is 30.6 Å². The summed E-state index contributed by atoms with van der Waals surface area (Å²) in [5, 5.41) is 3.20. The highest BCUT2D eigenvalue weighted by molar-refractivity contribution is 4.88. The molecule has 0 saturated carbocycles. The maximum atomic E-state index is 5.64. The summed E-state index contributed by atoms with van der Waals surface area (Å²) < 4.78 is 0. The lowest BCUT2D eigenvalue weighted by Crippen LogP contribution is -2.53. The number of nitrogens with two attached hydrogens (primary N) is 1. The Balaban J connectivity index is 0.000000146. The molecule has 1 saturated heterocycles. The fourth-order valence-electron chi connectivity index (χ4n) is 1.14. The van der Waals surface area contributed by atoms with Gasteiger partial charge in [-0.25, -0.2) is 0 Å². The molecule has 1 atom stereocenters. The number of nitrogens with zero attached hydrogens (tertiary/aromatic N) is 2. The van der Waals surface area contributed by atoms with E-state index in [9.17, 15) is 0 Å². The number of hydrogen-bond acceptors (Lipinski definition) is 4. The minimum absolute atomic E-state index is 0.226. The van der Waals surface area contributed by atoms with Gasteiger partial charge in [0.25, 0.3) is 0 Å². The number of rotatable bonds is 0. The number of likely N-dealkylation sites (N-methyl/N-ethyl adjacent to an activating group) is 1. The maximum absolute atomic E-state index is 5.64. The predicted molar refractivity (Wildman–Crippen MR) is 57.7 cm³/mol. The number of piperazine rings is 1. The highest BCUT2D eigenvalue weighted by atomic mass is 15.2. The standard InChI is InChI=1S/C5H13N3.C5H5N/c1-8-3-2-7-4-5(8)6;1-2-4-6-5-3-1/h5,7H,2-4,6H2,1H3;1-5H. The van der Waals surface area contributed by atoms with Crippen molar-refractivity contribution in [1.82, 2.24) is 15.2 Å². The molecule has 78 valence electrons. The number of aromatic nitrogens is 1. The van der Waals surface area contributed by atoms with Crippen molar-refractivity contribution < 1.29 is 0 Å². The summed E-state index contributed by atoms with van der Waals surface area (Å²) in [5.74, 6) is 0. The minimum Gasteiger partial charge on any atom is -0.315 e. The number of nitrogens with one attached hydrogen (secondary N) is 1. The van der Waals surface area contributed by atoms with Crippen LogP contribution in [-0.2, 0) is 0 Å². The van der Waals surface area contributed by atoms with Gasteiger partial charge in [0.15, 0.2) is 0 Å². The molecule has 2 heterocycles. The van der Waals surface area contributed by atoms with Gasteiger partial charge < -0.3 is 11.1 Å². The zero-order valence-corrected chi connectivity index (χ0v) is 8.56. The van der Waals surface area contributed by atoms with Crippen LogP contribution < -0.4 is 11.1 Å². The van der Waals surface area contributed by atoms with Crippen LogP contribution in [0.1, 0.15) is 0 Å². The van der Waals surface area contributed by atoms with Gasteiger partial charge in [0, 0.05) is 32.0 Å². The first-order valence-electron chi connectivity index (χ1n) is 4.82. The summed E-state index contributed by atoms with van der Waals surface area (Å²) in [5.41, 5.74) is 5.64. The van der Waals surface area contributed by atoms with E-state index in [0.29, 0.717) is 0 Å². The molecule has 0 aromatic carbocycles. The van der Waals surface area contributed by atoms with Crippen molar-refractivity contribution >= 4 is 0 Å². The molecule has 1 aliphatic rings. The second-order valence-electron chi connectivity index (χ2n) is 3.28. The Bertz CT molecular complexity index is 190. The van der Waals surface area contributed by atoms with Crippen molar-refractivity contribution in [1.29, 1.82) is 0 Å². The molecule has 4 nitrogen and oxygen atoms in total. The van der Waals surface area contributed by atoms with Gasteiger partial charge in [0.05, 0.1) is 6.17 Å². The summed E-state index contributed by atoms with van der Waals surface area (Å²) in [6.07, 6.45) is 3.73. The van der Waals surface area contributed by atoms with Crippen molar-refractivity contribution in [3.8, 4) is 0 Å². The number of pyridine rings is 1. The third-order valence-corrected chi connectivity index (χ3v) is 2.13. The van der Waals surface area contributed by atoms with E-state index in [1.807, 2.05) is 25.2 Å². The molecule has 0 aliphatic carbocycles. The van der Waals surface area contributed by atoms with Gasteiger partial charge in [-0.15, -0.1) is 0 Å². The van der Waals surface area contributed by atoms with Crippen molar-refractivity contribution in [2.75, 3.05) is 26.7 Å². The smallest absolute Gasteiger partial charge is 0.0698 e. The van der Waals surface area contributed by atoms with Crippen LogP contribution in [0.3, 0.4) is 0 Å². The van der Waals surface area contributed by atoms with E-state index in [1.165, 1.54) is 0 Å². The Kier molecular flexibility index (Phi) is 5.14. The summed E-state index contributed by atoms with van der Waals surface area (Å²) in [6, 6.07) is 5.72. The Morgan fingerprint density at radius 2 is 2.07 bits per heavy atom. The topological polar surface area (TPSA) is 54.2 Å². The van der Waals surface area contributed by atoms with Crippen molar-refractivity contribution in [2.45, 2.75) is 6.17 Å². The van der Waals surface area contributed by atoms with Crippen LogP contribution in [-0.4, -0.2) is 42.7 Å². The van der Waals surface area contributed by atoms with Crippen LogP contribution in [0.2, 0.25) is 0 Å². The highest BCUT2D eigenvalue weighted by Gasteiger charge is 2.12. The van der Waals surface area contributed by atoms with Crippen LogP contribution in [0, 0.1) is 0 Å². The molecule has 0 spiro atoms. The van der Waals surface area contributed by atoms with Gasteiger partial charge in [0.1, 0.15) is 0 Å². The fourth-order valence-corrected chi connectivity index (χ4v) is 1.14. The molecule has 1 aromatic heterocycles. The molecule has 0 bridgehead atoms. The van der Waals surface area contributed by atoms with E-state index in [4.69, 9.17) is 5.73 Å². The van der Waals surface area contributed by atoms with E-state index in [1.54, 1.807) is 12.4 Å². The summed E-state index contributed by atoms with van der Waals surface area (Å²) >= 11 is 0. The average Bonchev–Trinajstić information content (AvgIpc) is 2.26. The molecule has 14 heavy (non-hydrogen) atoms. The third-order valence-electron chi connectivity index (χ3n) is 2.13. The monoisotopic (exact) mass is 194 g/mol. The van der Waals surface area contributed by atoms with Gasteiger partial charge in [-0.1, -0.05) is 6.07 Å². The second-order valence-corrected chi connectivity index (χ2v) is 3.28. The Labute approximate surface area is 85.1 Å². The van der Waals surface area contributed by atoms with Crippen LogP contribution in [0.25, 0.3) is 0 Å². The molecule has 2 rings (SSSR count). The lowest BCUT2D eigenvalue weighted by Gasteiger charge is -2.29. The van der Waals surface area contributed by atoms with Gasteiger partial charge in [0.2, 0.25) is 0 Å². The van der Waals surface area contributed by atoms with Gasteiger partial charge in [-0.3, -0.25) is 9.88 Å². The van der Waals surface area contributed by atoms with Crippen LogP contribution >= 0.6 is 0 Å². The first-order valence-corrected chi connectivity index (χ1v) is 4.82. The SMILES string of the molecule is CN1CCNCC1N.c1ccncc1. The molecular formula is C10H18N4. The Morgan fingerprint density at radius 1 is 1.36 bits per heavy atom. The average molecular weight is 194 g/mol. The molecule has 1 aliphatic heterocycles. The summed E-state index contributed by atoms with van der Waals surface area (Å²) in [7, 11) is 2.05. The fraction of sp³-hybridized carbons (Fsp3) is 0.500. The first-order chi connectivity index (χ1) is 6.80. The summed E-state index contributed by atoms with van der Waals surface area (Å²) in [6.45, 7) is 3.07. The minimum atomic E-state index is 0.226. The van der Waals surface area contributed by atoms with Crippen LogP contribution in [0.15, 0.2) is 30.6 Å². The zero-order chi connectivity index (χ0) is 10.2. The quantitative estimate of drug-likeness (QED) is 0.605. The summed E-state index contributed by atoms with van der Waals surface area (Å²) in [4.78, 5) is 5.93. The van der Waals surface area contributed by atoms with Gasteiger partial charge in [-0.05, 0) is 19.2 Å². The van der Waals surface area contributed by atoms with Crippen LogP contribution in [0.4, 0.5) is 0 Å². The first kappa shape index (κ1) is 11.1. The lowest BCUT2D eigenvalue weighted by molar-refractivity contribution is 0.205. The van der Waals surface area contributed by atoms with Crippen molar-refractivity contribution in [3.63, 3.8) is 0 Å². The second kappa shape index (κ2) is 6.48. The molecule has 4 heteroatoms. The van der Waals surface area contributed by atoms with E-state index in [2.05, 4.69) is 15.2 Å². The van der Waals surface area contributed by atoms with E-state index in [0.717, 1.165) is 19.6 Å². The maximum Gasteiger partial charge on any atom is 0.0698 e. The van der Waals surface area contributed by atoms with E-state index in [-0.39, 0.29) is 6.17 Å². The molecule has 0 amide bonds. The van der Waals surface area contributed by atoms with Gasteiger partial charge in [-0.2, -0.15) is 0 Å². The normalized spacial score (nSPS) is 22.3. The zero-order valence-electron chi connectivity index (χ0n) is 8.56. The predicted octanol–water partition coefficient (Wildman–Crippen LogP) is -0.112. The molecule has 1 fully saturated rings. The third kappa shape index (κ3) is 4.32. The van der Waals surface area contributed by atoms with E-state index < -0.39 is 0 Å². The largest absolute Gasteiger partial charge is 0.315 e. The molecule has 0 radical (unpaired) electrons.